The maximum atomic E-state index is 12.8. The minimum atomic E-state index is -0.271. The third kappa shape index (κ3) is 3.51. The van der Waals surface area contributed by atoms with Crippen molar-refractivity contribution in [2.45, 2.75) is 12.8 Å². The summed E-state index contributed by atoms with van der Waals surface area (Å²) in [5.41, 5.74) is 4.75. The first kappa shape index (κ1) is 20.3. The first-order chi connectivity index (χ1) is 14.6. The van der Waals surface area contributed by atoms with Crippen LogP contribution in [0.1, 0.15) is 28.0 Å². The average molecular weight is 428 g/mol. The summed E-state index contributed by atoms with van der Waals surface area (Å²) >= 11 is 6.21. The first-order valence-electron chi connectivity index (χ1n) is 9.59. The van der Waals surface area contributed by atoms with Crippen LogP contribution in [0.15, 0.2) is 36.4 Å². The molecule has 2 aromatic carbocycles. The minimum Gasteiger partial charge on any atom is -0.493 e. The predicted molar refractivity (Wildman–Crippen MR) is 114 cm³/mol. The van der Waals surface area contributed by atoms with Crippen LogP contribution in [0, 0.1) is 0 Å². The Hall–Kier alpha value is -3.03. The topological polar surface area (TPSA) is 85.6 Å². The van der Waals surface area contributed by atoms with Crippen LogP contribution < -0.4 is 14.8 Å². The van der Waals surface area contributed by atoms with E-state index in [9.17, 15) is 4.79 Å². The van der Waals surface area contributed by atoms with Crippen LogP contribution in [0.4, 0.5) is 0 Å². The van der Waals surface area contributed by atoms with E-state index >= 15 is 0 Å². The van der Waals surface area contributed by atoms with Crippen molar-refractivity contribution in [2.75, 3.05) is 27.4 Å². The molecule has 1 aliphatic carbocycles. The van der Waals surface area contributed by atoms with Crippen molar-refractivity contribution < 1.29 is 19.4 Å². The number of carbonyl (C=O) groups excluding carboxylic acids is 1. The van der Waals surface area contributed by atoms with Gasteiger partial charge in [-0.3, -0.25) is 4.79 Å². The number of nitrogens with zero attached hydrogens (tertiary/aromatic N) is 2. The van der Waals surface area contributed by atoms with Gasteiger partial charge in [-0.15, -0.1) is 0 Å². The van der Waals surface area contributed by atoms with Gasteiger partial charge in [0, 0.05) is 35.7 Å². The number of aliphatic hydroxyl groups is 1. The van der Waals surface area contributed by atoms with Gasteiger partial charge >= 0.3 is 0 Å². The summed E-state index contributed by atoms with van der Waals surface area (Å²) in [6, 6.07) is 11.2. The second-order valence-electron chi connectivity index (χ2n) is 6.94. The number of amides is 1. The molecule has 0 aliphatic heterocycles. The Bertz CT molecular complexity index is 1110. The fourth-order valence-electron chi connectivity index (χ4n) is 3.71. The first-order valence-corrected chi connectivity index (χ1v) is 9.97. The highest BCUT2D eigenvalue weighted by molar-refractivity contribution is 6.30. The summed E-state index contributed by atoms with van der Waals surface area (Å²) < 4.78 is 12.7. The molecule has 0 bridgehead atoms. The van der Waals surface area contributed by atoms with E-state index in [-0.39, 0.29) is 12.5 Å². The maximum absolute atomic E-state index is 12.8. The molecule has 1 aromatic heterocycles. The van der Waals surface area contributed by atoms with Gasteiger partial charge in [0.05, 0.1) is 25.6 Å². The fraction of sp³-hybridized carbons (Fsp3) is 0.273. The van der Waals surface area contributed by atoms with Crippen LogP contribution in [0.2, 0.25) is 5.02 Å². The van der Waals surface area contributed by atoms with Crippen LogP contribution in [0.5, 0.6) is 11.5 Å². The summed E-state index contributed by atoms with van der Waals surface area (Å²) in [7, 11) is 3.19. The molecule has 3 aromatic rings. The molecule has 1 aliphatic rings. The van der Waals surface area contributed by atoms with E-state index in [4.69, 9.17) is 26.2 Å². The number of methoxy groups -OCH3 is 2. The SMILES string of the molecule is COc1cc2c(cc1OC)-c1c(c(C(=O)NCCCO)nn1-c1cccc(Cl)c1)C2. The van der Waals surface area contributed by atoms with Crippen molar-refractivity contribution >= 4 is 17.5 Å². The molecular formula is C22H22ClN3O4. The predicted octanol–water partition coefficient (Wildman–Crippen LogP) is 3.23. The quantitative estimate of drug-likeness (QED) is 0.442. The van der Waals surface area contributed by atoms with Crippen molar-refractivity contribution in [3.63, 3.8) is 0 Å². The van der Waals surface area contributed by atoms with Crippen LogP contribution >= 0.6 is 11.6 Å². The number of aromatic nitrogens is 2. The normalized spacial score (nSPS) is 11.7. The van der Waals surface area contributed by atoms with Crippen LogP contribution in [0.25, 0.3) is 16.9 Å². The monoisotopic (exact) mass is 427 g/mol. The number of hydrogen-bond donors (Lipinski definition) is 2. The lowest BCUT2D eigenvalue weighted by molar-refractivity contribution is 0.0945. The summed E-state index contributed by atoms with van der Waals surface area (Å²) in [6.45, 7) is 0.392. The molecule has 0 spiro atoms. The van der Waals surface area contributed by atoms with E-state index in [1.807, 2.05) is 24.3 Å². The van der Waals surface area contributed by atoms with Crippen molar-refractivity contribution in [2.24, 2.45) is 0 Å². The number of ether oxygens (including phenoxy) is 2. The van der Waals surface area contributed by atoms with Crippen molar-refractivity contribution in [1.82, 2.24) is 15.1 Å². The van der Waals surface area contributed by atoms with Crippen LogP contribution in [0.3, 0.4) is 0 Å². The highest BCUT2D eigenvalue weighted by Crippen LogP contribution is 2.44. The van der Waals surface area contributed by atoms with Gasteiger partial charge in [0.1, 0.15) is 0 Å². The zero-order chi connectivity index (χ0) is 21.3. The van der Waals surface area contributed by atoms with Crippen LogP contribution in [-0.2, 0) is 6.42 Å². The Kier molecular flexibility index (Phi) is 5.65. The van der Waals surface area contributed by atoms with Gasteiger partial charge in [0.2, 0.25) is 0 Å². The molecule has 1 amide bonds. The van der Waals surface area contributed by atoms with E-state index in [1.54, 1.807) is 31.0 Å². The van der Waals surface area contributed by atoms with E-state index in [0.29, 0.717) is 41.6 Å². The summed E-state index contributed by atoms with van der Waals surface area (Å²) in [5, 5.41) is 17.0. The lowest BCUT2D eigenvalue weighted by Gasteiger charge is -2.12. The van der Waals surface area contributed by atoms with Gasteiger partial charge in [-0.05, 0) is 42.3 Å². The molecule has 1 heterocycles. The number of aliphatic hydroxyl groups excluding tert-OH is 1. The standard InChI is InChI=1S/C22H22ClN3O4/c1-29-18-10-13-9-17-20(22(28)24-7-4-8-27)25-26(15-6-3-5-14(23)11-15)21(17)16(13)12-19(18)30-2/h3,5-6,10-12,27H,4,7-9H2,1-2H3,(H,24,28). The van der Waals surface area contributed by atoms with Crippen molar-refractivity contribution in [3.05, 3.63) is 58.2 Å². The summed E-state index contributed by atoms with van der Waals surface area (Å²) in [4.78, 5) is 12.8. The van der Waals surface area contributed by atoms with Gasteiger partial charge < -0.3 is 19.9 Å². The Balaban J connectivity index is 1.87. The molecule has 4 rings (SSSR count). The van der Waals surface area contributed by atoms with E-state index in [1.165, 1.54) is 0 Å². The molecule has 0 saturated carbocycles. The second kappa shape index (κ2) is 8.38. The number of halogens is 1. The van der Waals surface area contributed by atoms with Gasteiger partial charge in [0.25, 0.3) is 5.91 Å². The number of fused-ring (bicyclic) bond motifs is 3. The second-order valence-corrected chi connectivity index (χ2v) is 7.38. The zero-order valence-electron chi connectivity index (χ0n) is 16.7. The highest BCUT2D eigenvalue weighted by atomic mass is 35.5. The lowest BCUT2D eigenvalue weighted by Crippen LogP contribution is -2.26. The number of benzene rings is 2. The third-order valence-corrected chi connectivity index (χ3v) is 5.34. The van der Waals surface area contributed by atoms with E-state index in [2.05, 4.69) is 10.4 Å². The smallest absolute Gasteiger partial charge is 0.272 e. The average Bonchev–Trinajstić information content (AvgIpc) is 3.29. The van der Waals surface area contributed by atoms with Gasteiger partial charge in [-0.2, -0.15) is 5.10 Å². The van der Waals surface area contributed by atoms with Gasteiger partial charge in [-0.25, -0.2) is 4.68 Å². The summed E-state index contributed by atoms with van der Waals surface area (Å²) in [6.07, 6.45) is 1.03. The fourth-order valence-corrected chi connectivity index (χ4v) is 3.90. The lowest BCUT2D eigenvalue weighted by atomic mass is 10.1. The molecule has 7 nitrogen and oxygen atoms in total. The Morgan fingerprint density at radius 1 is 1.23 bits per heavy atom. The molecule has 156 valence electrons. The van der Waals surface area contributed by atoms with E-state index < -0.39 is 0 Å². The number of nitrogens with one attached hydrogen (secondary N) is 1. The zero-order valence-corrected chi connectivity index (χ0v) is 17.5. The molecule has 2 N–H and O–H groups in total. The largest absolute Gasteiger partial charge is 0.493 e. The minimum absolute atomic E-state index is 0.0143. The Morgan fingerprint density at radius 3 is 2.70 bits per heavy atom. The maximum Gasteiger partial charge on any atom is 0.272 e. The molecule has 8 heteroatoms. The molecule has 30 heavy (non-hydrogen) atoms. The number of hydrogen-bond acceptors (Lipinski definition) is 5. The molecule has 0 atom stereocenters. The Labute approximate surface area is 179 Å². The van der Waals surface area contributed by atoms with Crippen molar-refractivity contribution in [3.8, 4) is 28.4 Å². The highest BCUT2D eigenvalue weighted by Gasteiger charge is 2.32. The van der Waals surface area contributed by atoms with Crippen molar-refractivity contribution in [1.29, 1.82) is 0 Å². The molecule has 0 radical (unpaired) electrons. The molecular weight excluding hydrogens is 406 g/mol. The third-order valence-electron chi connectivity index (χ3n) is 5.10. The van der Waals surface area contributed by atoms with Gasteiger partial charge in [0.15, 0.2) is 17.2 Å². The van der Waals surface area contributed by atoms with E-state index in [0.717, 1.165) is 28.1 Å². The molecule has 0 unspecified atom stereocenters. The van der Waals surface area contributed by atoms with Crippen LogP contribution in [-0.4, -0.2) is 48.2 Å². The molecule has 0 saturated heterocycles. The van der Waals surface area contributed by atoms with Gasteiger partial charge in [-0.1, -0.05) is 17.7 Å². The molecule has 0 fully saturated rings. The number of rotatable bonds is 7. The Morgan fingerprint density at radius 2 is 2.00 bits per heavy atom. The summed E-state index contributed by atoms with van der Waals surface area (Å²) in [5.74, 6) is 0.974. The number of carbonyl (C=O) groups is 1.